The summed E-state index contributed by atoms with van der Waals surface area (Å²) in [5.74, 6) is 0.660. The van der Waals surface area contributed by atoms with Gasteiger partial charge in [-0.05, 0) is 29.8 Å². The maximum Gasteiger partial charge on any atom is 0.271 e. The Kier molecular flexibility index (Phi) is 5.92. The number of ether oxygens (including phenoxy) is 2. The first-order valence-electron chi connectivity index (χ1n) is 9.26. The van der Waals surface area contributed by atoms with Crippen molar-refractivity contribution < 1.29 is 14.3 Å². The van der Waals surface area contributed by atoms with Crippen LogP contribution in [0.4, 0.5) is 0 Å². The van der Waals surface area contributed by atoms with Crippen LogP contribution >= 0.6 is 22.9 Å². The molecular weight excluding hydrogens is 438 g/mol. The van der Waals surface area contributed by atoms with E-state index in [0.717, 1.165) is 5.56 Å². The molecule has 2 aromatic carbocycles. The number of rotatable bonds is 6. The van der Waals surface area contributed by atoms with Crippen LogP contribution in [0.15, 0.2) is 58.8 Å². The maximum atomic E-state index is 13.2. The number of hydrogen-bond acceptors (Lipinski definition) is 6. The summed E-state index contributed by atoms with van der Waals surface area (Å²) >= 11 is 7.43. The molecule has 0 atom stereocenters. The molecule has 0 unspecified atom stereocenters. The SMILES string of the molecule is COc1ccc(OC)c(-c2csc3ncc(C(=O)NCc4ccccc4Cl)c(=O)n23)c1. The van der Waals surface area contributed by atoms with Gasteiger partial charge in [-0.1, -0.05) is 29.8 Å². The Morgan fingerprint density at radius 1 is 1.19 bits per heavy atom. The first kappa shape index (κ1) is 20.9. The maximum absolute atomic E-state index is 13.2. The van der Waals surface area contributed by atoms with Gasteiger partial charge < -0.3 is 14.8 Å². The van der Waals surface area contributed by atoms with Crippen molar-refractivity contribution in [2.45, 2.75) is 6.54 Å². The van der Waals surface area contributed by atoms with E-state index >= 15 is 0 Å². The zero-order chi connectivity index (χ0) is 22.0. The first-order chi connectivity index (χ1) is 15.0. The minimum atomic E-state index is -0.526. The predicted octanol–water partition coefficient (Wildman–Crippen LogP) is 4.02. The van der Waals surface area contributed by atoms with Crippen LogP contribution in [0.1, 0.15) is 15.9 Å². The van der Waals surface area contributed by atoms with Crippen LogP contribution in [0.25, 0.3) is 16.2 Å². The van der Waals surface area contributed by atoms with Gasteiger partial charge in [-0.25, -0.2) is 4.98 Å². The Balaban J connectivity index is 1.74. The summed E-state index contributed by atoms with van der Waals surface area (Å²) in [6, 6.07) is 12.5. The van der Waals surface area contributed by atoms with Gasteiger partial charge in [-0.15, -0.1) is 11.3 Å². The number of nitrogens with zero attached hydrogens (tertiary/aromatic N) is 2. The van der Waals surface area contributed by atoms with Gasteiger partial charge in [0, 0.05) is 28.7 Å². The molecule has 0 aliphatic carbocycles. The molecule has 0 aliphatic heterocycles. The van der Waals surface area contributed by atoms with Crippen molar-refractivity contribution in [3.8, 4) is 22.8 Å². The van der Waals surface area contributed by atoms with Crippen molar-refractivity contribution in [1.29, 1.82) is 0 Å². The number of benzene rings is 2. The fourth-order valence-corrected chi connectivity index (χ4v) is 4.22. The molecule has 0 aliphatic rings. The van der Waals surface area contributed by atoms with Crippen molar-refractivity contribution >= 4 is 33.8 Å². The number of carbonyl (C=O) groups is 1. The van der Waals surface area contributed by atoms with Gasteiger partial charge in [-0.3, -0.25) is 14.0 Å². The number of methoxy groups -OCH3 is 2. The minimum absolute atomic E-state index is 0.0638. The second-order valence-electron chi connectivity index (χ2n) is 6.56. The second kappa shape index (κ2) is 8.79. The van der Waals surface area contributed by atoms with Crippen molar-refractivity contribution in [1.82, 2.24) is 14.7 Å². The van der Waals surface area contributed by atoms with Crippen LogP contribution in [0.2, 0.25) is 5.02 Å². The molecule has 1 amide bonds. The highest BCUT2D eigenvalue weighted by Gasteiger charge is 2.19. The van der Waals surface area contributed by atoms with Crippen molar-refractivity contribution in [2.75, 3.05) is 14.2 Å². The van der Waals surface area contributed by atoms with Gasteiger partial charge in [0.15, 0.2) is 4.96 Å². The van der Waals surface area contributed by atoms with E-state index in [1.807, 2.05) is 18.2 Å². The number of nitrogens with one attached hydrogen (secondary N) is 1. The molecule has 0 radical (unpaired) electrons. The predicted molar refractivity (Wildman–Crippen MR) is 121 cm³/mol. The van der Waals surface area contributed by atoms with Gasteiger partial charge in [0.1, 0.15) is 17.1 Å². The van der Waals surface area contributed by atoms with E-state index in [9.17, 15) is 9.59 Å². The average molecular weight is 456 g/mol. The lowest BCUT2D eigenvalue weighted by molar-refractivity contribution is 0.0949. The number of thiazole rings is 1. The van der Waals surface area contributed by atoms with E-state index in [1.165, 1.54) is 21.9 Å². The number of aromatic nitrogens is 2. The Morgan fingerprint density at radius 2 is 2.00 bits per heavy atom. The van der Waals surface area contributed by atoms with Crippen LogP contribution < -0.4 is 20.3 Å². The van der Waals surface area contributed by atoms with Crippen molar-refractivity contribution in [3.05, 3.63) is 80.5 Å². The fraction of sp³-hybridized carbons (Fsp3) is 0.136. The first-order valence-corrected chi connectivity index (χ1v) is 10.5. The third kappa shape index (κ3) is 3.99. The summed E-state index contributed by atoms with van der Waals surface area (Å²) < 4.78 is 12.2. The monoisotopic (exact) mass is 455 g/mol. The normalized spacial score (nSPS) is 10.8. The van der Waals surface area contributed by atoms with E-state index < -0.39 is 11.5 Å². The summed E-state index contributed by atoms with van der Waals surface area (Å²) in [5, 5.41) is 5.07. The summed E-state index contributed by atoms with van der Waals surface area (Å²) in [6.45, 7) is 0.195. The number of halogens is 1. The van der Waals surface area contributed by atoms with E-state index in [4.69, 9.17) is 21.1 Å². The van der Waals surface area contributed by atoms with Crippen LogP contribution in [0.3, 0.4) is 0 Å². The zero-order valence-corrected chi connectivity index (χ0v) is 18.3. The highest BCUT2D eigenvalue weighted by molar-refractivity contribution is 7.15. The van der Waals surface area contributed by atoms with E-state index in [-0.39, 0.29) is 12.1 Å². The van der Waals surface area contributed by atoms with Gasteiger partial charge in [-0.2, -0.15) is 0 Å². The smallest absolute Gasteiger partial charge is 0.271 e. The lowest BCUT2D eigenvalue weighted by atomic mass is 10.1. The molecule has 0 saturated heterocycles. The van der Waals surface area contributed by atoms with Crippen LogP contribution in [0.5, 0.6) is 11.5 Å². The number of fused-ring (bicyclic) bond motifs is 1. The van der Waals surface area contributed by atoms with E-state index in [2.05, 4.69) is 10.3 Å². The largest absolute Gasteiger partial charge is 0.497 e. The number of amides is 1. The molecule has 0 spiro atoms. The van der Waals surface area contributed by atoms with Crippen molar-refractivity contribution in [3.63, 3.8) is 0 Å². The lowest BCUT2D eigenvalue weighted by Crippen LogP contribution is -2.31. The molecule has 0 fully saturated rings. The Hall–Kier alpha value is -3.36. The Labute approximate surface area is 186 Å². The minimum Gasteiger partial charge on any atom is -0.497 e. The van der Waals surface area contributed by atoms with E-state index in [0.29, 0.717) is 32.7 Å². The molecule has 0 saturated carbocycles. The third-order valence-electron chi connectivity index (χ3n) is 4.77. The lowest BCUT2D eigenvalue weighted by Gasteiger charge is -2.11. The molecule has 0 bridgehead atoms. The number of hydrogen-bond donors (Lipinski definition) is 1. The summed E-state index contributed by atoms with van der Waals surface area (Å²) in [7, 11) is 3.11. The van der Waals surface area contributed by atoms with Crippen LogP contribution in [-0.4, -0.2) is 29.5 Å². The molecule has 4 rings (SSSR count). The Bertz CT molecular complexity index is 1330. The van der Waals surface area contributed by atoms with Gasteiger partial charge in [0.2, 0.25) is 0 Å². The highest BCUT2D eigenvalue weighted by Crippen LogP contribution is 2.34. The molecular formula is C22H18ClN3O4S. The topological polar surface area (TPSA) is 81.9 Å². The Morgan fingerprint density at radius 3 is 2.74 bits per heavy atom. The quantitative estimate of drug-likeness (QED) is 0.474. The van der Waals surface area contributed by atoms with Crippen LogP contribution in [0, 0.1) is 0 Å². The molecule has 9 heteroatoms. The second-order valence-corrected chi connectivity index (χ2v) is 7.80. The standard InChI is InChI=1S/C22H18ClN3O4S/c1-29-14-7-8-19(30-2)15(9-14)18-12-31-22-25-11-16(21(28)26(18)22)20(27)24-10-13-5-3-4-6-17(13)23/h3-9,11-12H,10H2,1-2H3,(H,24,27). The molecule has 7 nitrogen and oxygen atoms in total. The molecule has 4 aromatic rings. The third-order valence-corrected chi connectivity index (χ3v) is 5.98. The molecule has 2 heterocycles. The van der Waals surface area contributed by atoms with Gasteiger partial charge in [0.25, 0.3) is 11.5 Å². The van der Waals surface area contributed by atoms with Gasteiger partial charge in [0.05, 0.1) is 19.9 Å². The number of carbonyl (C=O) groups excluding carboxylic acids is 1. The molecule has 1 N–H and O–H groups in total. The molecule has 158 valence electrons. The van der Waals surface area contributed by atoms with Gasteiger partial charge >= 0.3 is 0 Å². The highest BCUT2D eigenvalue weighted by atomic mass is 35.5. The van der Waals surface area contributed by atoms with Crippen molar-refractivity contribution in [2.24, 2.45) is 0 Å². The summed E-state index contributed by atoms with van der Waals surface area (Å²) in [4.78, 5) is 30.7. The van der Waals surface area contributed by atoms with E-state index in [1.54, 1.807) is 43.9 Å². The summed E-state index contributed by atoms with van der Waals surface area (Å²) in [6.07, 6.45) is 1.29. The van der Waals surface area contributed by atoms with Crippen LogP contribution in [-0.2, 0) is 6.54 Å². The summed E-state index contributed by atoms with van der Waals surface area (Å²) in [5.41, 5.74) is 1.44. The zero-order valence-electron chi connectivity index (χ0n) is 16.7. The fourth-order valence-electron chi connectivity index (χ4n) is 3.16. The average Bonchev–Trinajstić information content (AvgIpc) is 3.23. The molecule has 31 heavy (non-hydrogen) atoms. The molecule has 2 aromatic heterocycles.